The monoisotopic (exact) mass is 349 g/mol. The molecule has 1 atom stereocenters. The molecule has 2 rings (SSSR count). The summed E-state index contributed by atoms with van der Waals surface area (Å²) in [5, 5.41) is 4.08. The normalized spacial score (nSPS) is 19.2. The molecular weight excluding hydrogens is 336 g/mol. The first kappa shape index (κ1) is 12.0. The van der Waals surface area contributed by atoms with Gasteiger partial charge in [-0.3, -0.25) is 0 Å². The summed E-state index contributed by atoms with van der Waals surface area (Å²) in [5.74, 6) is 0. The summed E-state index contributed by atoms with van der Waals surface area (Å²) >= 11 is 8.37. The van der Waals surface area contributed by atoms with Crippen LogP contribution in [0.15, 0.2) is 30.5 Å². The first-order valence-electron chi connectivity index (χ1n) is 5.25. The first-order chi connectivity index (χ1) is 7.75. The number of ether oxygens (including phenoxy) is 1. The third-order valence-corrected chi connectivity index (χ3v) is 3.46. The van der Waals surface area contributed by atoms with Crippen molar-refractivity contribution in [3.63, 3.8) is 0 Å². The summed E-state index contributed by atoms with van der Waals surface area (Å²) in [6, 6.07) is 5.99. The van der Waals surface area contributed by atoms with E-state index in [1.54, 1.807) is 6.26 Å². The molecule has 2 nitrogen and oxygen atoms in total. The van der Waals surface area contributed by atoms with Gasteiger partial charge in [0.15, 0.2) is 0 Å². The molecule has 0 radical (unpaired) electrons. The van der Waals surface area contributed by atoms with E-state index in [-0.39, 0.29) is 6.10 Å². The molecule has 1 aromatic carbocycles. The minimum Gasteiger partial charge on any atom is -0.497 e. The van der Waals surface area contributed by atoms with Gasteiger partial charge in [0.1, 0.15) is 6.10 Å². The molecule has 0 saturated carbocycles. The van der Waals surface area contributed by atoms with E-state index in [2.05, 4.69) is 27.9 Å². The van der Waals surface area contributed by atoms with Crippen LogP contribution in [0.25, 0.3) is 0 Å². The maximum atomic E-state index is 6.13. The lowest BCUT2D eigenvalue weighted by Gasteiger charge is -2.20. The highest BCUT2D eigenvalue weighted by Crippen LogP contribution is 2.24. The Kier molecular flexibility index (Phi) is 4.35. The van der Waals surface area contributed by atoms with E-state index in [0.717, 1.165) is 33.7 Å². The lowest BCUT2D eigenvalue weighted by atomic mass is 10.1. The average Bonchev–Trinajstić information content (AvgIpc) is 2.29. The van der Waals surface area contributed by atoms with Crippen LogP contribution in [0.4, 0.5) is 5.69 Å². The van der Waals surface area contributed by atoms with Crippen LogP contribution in [0, 0.1) is 3.57 Å². The van der Waals surface area contributed by atoms with Gasteiger partial charge < -0.3 is 10.1 Å². The molecule has 0 bridgehead atoms. The van der Waals surface area contributed by atoms with Crippen LogP contribution >= 0.6 is 34.2 Å². The number of halogens is 2. The molecule has 0 aliphatic carbocycles. The second-order valence-electron chi connectivity index (χ2n) is 3.71. The zero-order valence-electron chi connectivity index (χ0n) is 8.75. The molecule has 0 fully saturated rings. The van der Waals surface area contributed by atoms with Crippen LogP contribution in [-0.4, -0.2) is 12.6 Å². The highest BCUT2D eigenvalue weighted by molar-refractivity contribution is 14.1. The van der Waals surface area contributed by atoms with Gasteiger partial charge >= 0.3 is 0 Å². The molecule has 1 N–H and O–H groups in total. The Labute approximate surface area is 114 Å². The standard InChI is InChI=1S/C12H13ClINO/c13-11-7-9(14)4-5-12(11)15-8-10-3-1-2-6-16-10/h2,4-7,10,15H,1,3,8H2. The van der Waals surface area contributed by atoms with Crippen molar-refractivity contribution in [3.05, 3.63) is 39.1 Å². The minimum absolute atomic E-state index is 0.250. The van der Waals surface area contributed by atoms with E-state index in [1.165, 1.54) is 0 Å². The Balaban J connectivity index is 1.91. The Morgan fingerprint density at radius 2 is 2.38 bits per heavy atom. The van der Waals surface area contributed by atoms with Gasteiger partial charge in [0, 0.05) is 3.57 Å². The lowest BCUT2D eigenvalue weighted by Crippen LogP contribution is -2.23. The molecule has 86 valence electrons. The summed E-state index contributed by atoms with van der Waals surface area (Å²) in [5.41, 5.74) is 0.972. The molecule has 1 unspecified atom stereocenters. The Morgan fingerprint density at radius 1 is 1.50 bits per heavy atom. The predicted octanol–water partition coefficient (Wildman–Crippen LogP) is 4.05. The summed E-state index contributed by atoms with van der Waals surface area (Å²) < 4.78 is 6.62. The van der Waals surface area contributed by atoms with Crippen LogP contribution in [0.2, 0.25) is 5.02 Å². The van der Waals surface area contributed by atoms with E-state index < -0.39 is 0 Å². The number of benzene rings is 1. The Hall–Kier alpha value is -0.420. The summed E-state index contributed by atoms with van der Waals surface area (Å²) in [7, 11) is 0. The van der Waals surface area contributed by atoms with E-state index in [1.807, 2.05) is 24.3 Å². The summed E-state index contributed by atoms with van der Waals surface area (Å²) in [6.07, 6.45) is 6.23. The molecule has 1 heterocycles. The van der Waals surface area contributed by atoms with Gasteiger partial charge in [-0.25, -0.2) is 0 Å². The van der Waals surface area contributed by atoms with E-state index in [9.17, 15) is 0 Å². The van der Waals surface area contributed by atoms with Crippen LogP contribution in [0.3, 0.4) is 0 Å². The van der Waals surface area contributed by atoms with Crippen LogP contribution in [0.5, 0.6) is 0 Å². The topological polar surface area (TPSA) is 21.3 Å². The first-order valence-corrected chi connectivity index (χ1v) is 6.71. The fourth-order valence-electron chi connectivity index (χ4n) is 1.59. The second kappa shape index (κ2) is 5.77. The van der Waals surface area contributed by atoms with E-state index in [4.69, 9.17) is 16.3 Å². The number of allylic oxidation sites excluding steroid dienone is 1. The number of hydrogen-bond donors (Lipinski definition) is 1. The molecule has 4 heteroatoms. The van der Waals surface area contributed by atoms with E-state index >= 15 is 0 Å². The Morgan fingerprint density at radius 3 is 3.06 bits per heavy atom. The van der Waals surface area contributed by atoms with Crippen molar-refractivity contribution in [2.24, 2.45) is 0 Å². The fraction of sp³-hybridized carbons (Fsp3) is 0.333. The van der Waals surface area contributed by atoms with Gasteiger partial charge in [-0.2, -0.15) is 0 Å². The number of anilines is 1. The molecule has 0 saturated heterocycles. The zero-order chi connectivity index (χ0) is 11.4. The molecule has 0 aromatic heterocycles. The van der Waals surface area contributed by atoms with Crippen molar-refractivity contribution >= 4 is 39.9 Å². The zero-order valence-corrected chi connectivity index (χ0v) is 11.7. The van der Waals surface area contributed by atoms with Crippen molar-refractivity contribution in [2.45, 2.75) is 18.9 Å². The van der Waals surface area contributed by atoms with Gasteiger partial charge in [0.05, 0.1) is 23.5 Å². The van der Waals surface area contributed by atoms with Crippen molar-refractivity contribution in [3.8, 4) is 0 Å². The molecule has 1 aliphatic heterocycles. The smallest absolute Gasteiger partial charge is 0.115 e. The number of nitrogens with one attached hydrogen (secondary N) is 1. The van der Waals surface area contributed by atoms with Crippen molar-refractivity contribution in [2.75, 3.05) is 11.9 Å². The fourth-order valence-corrected chi connectivity index (χ4v) is 2.51. The molecule has 0 spiro atoms. The highest BCUT2D eigenvalue weighted by atomic mass is 127. The second-order valence-corrected chi connectivity index (χ2v) is 5.37. The number of hydrogen-bond acceptors (Lipinski definition) is 2. The molecule has 16 heavy (non-hydrogen) atoms. The third-order valence-electron chi connectivity index (χ3n) is 2.47. The summed E-state index contributed by atoms with van der Waals surface area (Å²) in [4.78, 5) is 0. The maximum Gasteiger partial charge on any atom is 0.115 e. The van der Waals surface area contributed by atoms with Gasteiger partial charge in [0.2, 0.25) is 0 Å². The SMILES string of the molecule is Clc1cc(I)ccc1NCC1CCC=CO1. The van der Waals surface area contributed by atoms with Gasteiger partial charge in [0.25, 0.3) is 0 Å². The third kappa shape index (κ3) is 3.28. The number of rotatable bonds is 3. The van der Waals surface area contributed by atoms with Crippen LogP contribution in [-0.2, 0) is 4.74 Å². The molecule has 1 aliphatic rings. The van der Waals surface area contributed by atoms with Gasteiger partial charge in [-0.05, 0) is 59.7 Å². The Bertz CT molecular complexity index is 395. The lowest BCUT2D eigenvalue weighted by molar-refractivity contribution is 0.135. The van der Waals surface area contributed by atoms with Crippen molar-refractivity contribution < 1.29 is 4.74 Å². The van der Waals surface area contributed by atoms with Gasteiger partial charge in [-0.15, -0.1) is 0 Å². The molecule has 0 amide bonds. The summed E-state index contributed by atoms with van der Waals surface area (Å²) in [6.45, 7) is 0.796. The van der Waals surface area contributed by atoms with E-state index in [0.29, 0.717) is 0 Å². The largest absolute Gasteiger partial charge is 0.497 e. The molecule has 1 aromatic rings. The maximum absolute atomic E-state index is 6.13. The van der Waals surface area contributed by atoms with Crippen LogP contribution < -0.4 is 5.32 Å². The highest BCUT2D eigenvalue weighted by Gasteiger charge is 2.11. The van der Waals surface area contributed by atoms with Gasteiger partial charge in [-0.1, -0.05) is 11.6 Å². The van der Waals surface area contributed by atoms with Crippen molar-refractivity contribution in [1.82, 2.24) is 0 Å². The quantitative estimate of drug-likeness (QED) is 0.831. The van der Waals surface area contributed by atoms with Crippen LogP contribution in [0.1, 0.15) is 12.8 Å². The predicted molar refractivity (Wildman–Crippen MR) is 75.9 cm³/mol. The minimum atomic E-state index is 0.250. The average molecular weight is 350 g/mol. The van der Waals surface area contributed by atoms with Crippen molar-refractivity contribution in [1.29, 1.82) is 0 Å². The molecular formula is C12H13ClINO.